The van der Waals surface area contributed by atoms with E-state index in [0.717, 1.165) is 52.0 Å². The van der Waals surface area contributed by atoms with Gasteiger partial charge in [-0.05, 0) is 38.8 Å². The van der Waals surface area contributed by atoms with Crippen LogP contribution in [-0.4, -0.2) is 32.1 Å². The molecule has 0 aromatic rings. The maximum absolute atomic E-state index is 12.1. The Labute approximate surface area is 85.2 Å². The summed E-state index contributed by atoms with van der Waals surface area (Å²) in [5, 5.41) is 3.30. The number of piperidine rings is 1. The molecule has 0 radical (unpaired) electrons. The lowest BCUT2D eigenvalue weighted by Crippen LogP contribution is -2.36. The first-order chi connectivity index (χ1) is 6.88. The minimum absolute atomic E-state index is 0.298. The molecule has 0 unspecified atom stereocenters. The third-order valence-corrected chi connectivity index (χ3v) is 3.37. The number of ether oxygens (including phenoxy) is 1. The number of hydrogen-bond acceptors (Lipinski definition) is 3. The van der Waals surface area contributed by atoms with E-state index in [0.29, 0.717) is 17.6 Å². The number of carbonyl (C=O) groups excluding carboxylic acids is 1. The Morgan fingerprint density at radius 1 is 1.00 bits per heavy atom. The van der Waals surface area contributed by atoms with Crippen molar-refractivity contribution in [2.75, 3.05) is 26.3 Å². The van der Waals surface area contributed by atoms with Crippen molar-refractivity contribution in [3.8, 4) is 0 Å². The number of rotatable bonds is 2. The van der Waals surface area contributed by atoms with E-state index in [2.05, 4.69) is 5.32 Å². The highest BCUT2D eigenvalue weighted by Crippen LogP contribution is 2.24. The van der Waals surface area contributed by atoms with Gasteiger partial charge in [0.15, 0.2) is 0 Å². The van der Waals surface area contributed by atoms with Gasteiger partial charge in [-0.2, -0.15) is 0 Å². The molecule has 0 amide bonds. The van der Waals surface area contributed by atoms with E-state index in [4.69, 9.17) is 4.74 Å². The Kier molecular flexibility index (Phi) is 3.54. The standard InChI is InChI=1S/C11H19NO2/c13-11(9-1-5-12-6-2-9)10-3-7-14-8-4-10/h9-10,12H,1-8H2. The SMILES string of the molecule is O=C(C1CCNCC1)C1CCOCC1. The van der Waals surface area contributed by atoms with E-state index in [1.165, 1.54) is 0 Å². The average Bonchev–Trinajstić information content (AvgIpc) is 2.30. The van der Waals surface area contributed by atoms with Gasteiger partial charge in [-0.25, -0.2) is 0 Å². The third-order valence-electron chi connectivity index (χ3n) is 3.37. The zero-order valence-electron chi connectivity index (χ0n) is 8.63. The molecule has 2 saturated heterocycles. The van der Waals surface area contributed by atoms with Crippen molar-refractivity contribution in [2.45, 2.75) is 25.7 Å². The fraction of sp³-hybridized carbons (Fsp3) is 0.909. The van der Waals surface area contributed by atoms with Crippen LogP contribution in [0.5, 0.6) is 0 Å². The Morgan fingerprint density at radius 2 is 1.57 bits per heavy atom. The van der Waals surface area contributed by atoms with E-state index in [1.807, 2.05) is 0 Å². The molecule has 2 aliphatic heterocycles. The highest BCUT2D eigenvalue weighted by molar-refractivity contribution is 5.83. The summed E-state index contributed by atoms with van der Waals surface area (Å²) in [6, 6.07) is 0. The summed E-state index contributed by atoms with van der Waals surface area (Å²) >= 11 is 0. The van der Waals surface area contributed by atoms with Gasteiger partial charge in [0.05, 0.1) is 0 Å². The van der Waals surface area contributed by atoms with Crippen LogP contribution in [0.1, 0.15) is 25.7 Å². The second kappa shape index (κ2) is 4.89. The summed E-state index contributed by atoms with van der Waals surface area (Å²) in [4.78, 5) is 12.1. The van der Waals surface area contributed by atoms with Crippen molar-refractivity contribution in [2.24, 2.45) is 11.8 Å². The molecule has 0 bridgehead atoms. The monoisotopic (exact) mass is 197 g/mol. The van der Waals surface area contributed by atoms with Gasteiger partial charge in [0.25, 0.3) is 0 Å². The minimum atomic E-state index is 0.298. The van der Waals surface area contributed by atoms with E-state index in [9.17, 15) is 4.79 Å². The van der Waals surface area contributed by atoms with Crippen LogP contribution in [0.3, 0.4) is 0 Å². The first kappa shape index (κ1) is 10.1. The molecule has 0 aromatic heterocycles. The van der Waals surface area contributed by atoms with Crippen LogP contribution in [0.4, 0.5) is 0 Å². The van der Waals surface area contributed by atoms with Gasteiger partial charge in [-0.15, -0.1) is 0 Å². The molecule has 2 rings (SSSR count). The molecule has 0 aromatic carbocycles. The molecule has 3 heteroatoms. The zero-order valence-corrected chi connectivity index (χ0v) is 8.63. The lowest BCUT2D eigenvalue weighted by Gasteiger charge is -2.28. The third kappa shape index (κ3) is 2.34. The highest BCUT2D eigenvalue weighted by atomic mass is 16.5. The van der Waals surface area contributed by atoms with Gasteiger partial charge in [0.2, 0.25) is 0 Å². The van der Waals surface area contributed by atoms with Crippen LogP contribution in [0.25, 0.3) is 0 Å². The number of ketones is 1. The second-order valence-corrected chi connectivity index (χ2v) is 4.31. The molecule has 0 saturated carbocycles. The van der Waals surface area contributed by atoms with Gasteiger partial charge in [-0.3, -0.25) is 4.79 Å². The summed E-state index contributed by atoms with van der Waals surface area (Å²) < 4.78 is 5.27. The van der Waals surface area contributed by atoms with Crippen LogP contribution in [0.2, 0.25) is 0 Å². The Morgan fingerprint density at radius 3 is 2.21 bits per heavy atom. The largest absolute Gasteiger partial charge is 0.381 e. The molecule has 0 aliphatic carbocycles. The predicted octanol–water partition coefficient (Wildman–Crippen LogP) is 0.982. The lowest BCUT2D eigenvalue weighted by molar-refractivity contribution is -0.130. The molecule has 80 valence electrons. The number of carbonyl (C=O) groups is 1. The Bertz CT molecular complexity index is 173. The topological polar surface area (TPSA) is 38.3 Å². The van der Waals surface area contributed by atoms with Crippen LogP contribution in [0.15, 0.2) is 0 Å². The van der Waals surface area contributed by atoms with Crippen LogP contribution in [0, 0.1) is 11.8 Å². The van der Waals surface area contributed by atoms with Gasteiger partial charge < -0.3 is 10.1 Å². The molecule has 2 heterocycles. The van der Waals surface area contributed by atoms with E-state index < -0.39 is 0 Å². The minimum Gasteiger partial charge on any atom is -0.381 e. The van der Waals surface area contributed by atoms with Gasteiger partial charge in [-0.1, -0.05) is 0 Å². The molecular formula is C11H19NO2. The lowest BCUT2D eigenvalue weighted by atomic mass is 9.83. The average molecular weight is 197 g/mol. The molecule has 0 spiro atoms. The molecular weight excluding hydrogens is 178 g/mol. The van der Waals surface area contributed by atoms with Gasteiger partial charge in [0.1, 0.15) is 5.78 Å². The Balaban J connectivity index is 1.85. The number of nitrogens with one attached hydrogen (secondary N) is 1. The summed E-state index contributed by atoms with van der Waals surface area (Å²) in [6.07, 6.45) is 3.97. The summed E-state index contributed by atoms with van der Waals surface area (Å²) in [5.74, 6) is 1.14. The fourth-order valence-corrected chi connectivity index (χ4v) is 2.42. The smallest absolute Gasteiger partial charge is 0.139 e. The van der Waals surface area contributed by atoms with Crippen LogP contribution < -0.4 is 5.32 Å². The molecule has 14 heavy (non-hydrogen) atoms. The van der Waals surface area contributed by atoms with Gasteiger partial charge >= 0.3 is 0 Å². The van der Waals surface area contributed by atoms with Crippen LogP contribution in [-0.2, 0) is 9.53 Å². The summed E-state index contributed by atoms with van der Waals surface area (Å²) in [6.45, 7) is 3.59. The van der Waals surface area contributed by atoms with Crippen molar-refractivity contribution >= 4 is 5.78 Å². The molecule has 3 nitrogen and oxygen atoms in total. The molecule has 0 atom stereocenters. The van der Waals surface area contributed by atoms with Gasteiger partial charge in [0, 0.05) is 25.0 Å². The van der Waals surface area contributed by atoms with Crippen LogP contribution >= 0.6 is 0 Å². The van der Waals surface area contributed by atoms with E-state index in [1.54, 1.807) is 0 Å². The van der Waals surface area contributed by atoms with Crippen molar-refractivity contribution in [1.82, 2.24) is 5.32 Å². The second-order valence-electron chi connectivity index (χ2n) is 4.31. The zero-order chi connectivity index (χ0) is 9.80. The molecule has 2 aliphatic rings. The fourth-order valence-electron chi connectivity index (χ4n) is 2.42. The predicted molar refractivity (Wildman–Crippen MR) is 54.1 cm³/mol. The van der Waals surface area contributed by atoms with E-state index >= 15 is 0 Å². The number of Topliss-reactive ketones (excluding diaryl/α,β-unsaturated/α-hetero) is 1. The highest BCUT2D eigenvalue weighted by Gasteiger charge is 2.28. The first-order valence-electron chi connectivity index (χ1n) is 5.70. The maximum atomic E-state index is 12.1. The maximum Gasteiger partial charge on any atom is 0.139 e. The summed E-state index contributed by atoms with van der Waals surface area (Å²) in [7, 11) is 0. The van der Waals surface area contributed by atoms with Crippen molar-refractivity contribution in [3.63, 3.8) is 0 Å². The normalized spacial score (nSPS) is 26.3. The Hall–Kier alpha value is -0.410. The van der Waals surface area contributed by atoms with Crippen molar-refractivity contribution in [1.29, 1.82) is 0 Å². The van der Waals surface area contributed by atoms with Crippen molar-refractivity contribution < 1.29 is 9.53 Å². The molecule has 1 N–H and O–H groups in total. The summed E-state index contributed by atoms with van der Waals surface area (Å²) in [5.41, 5.74) is 0. The van der Waals surface area contributed by atoms with E-state index in [-0.39, 0.29) is 0 Å². The molecule has 2 fully saturated rings. The number of hydrogen-bond donors (Lipinski definition) is 1. The first-order valence-corrected chi connectivity index (χ1v) is 5.70. The van der Waals surface area contributed by atoms with Crippen molar-refractivity contribution in [3.05, 3.63) is 0 Å². The quantitative estimate of drug-likeness (QED) is 0.717.